The van der Waals surface area contributed by atoms with E-state index < -0.39 is 11.9 Å². The molecule has 0 unspecified atom stereocenters. The summed E-state index contributed by atoms with van der Waals surface area (Å²) in [5.74, 6) is -2.45. The topological polar surface area (TPSA) is 129 Å². The van der Waals surface area contributed by atoms with E-state index in [1.807, 2.05) is 36.4 Å². The molecule has 2 N–H and O–H groups in total. The first kappa shape index (κ1) is 60.6. The Kier molecular flexibility index (Phi) is 21.2. The highest BCUT2D eigenvalue weighted by Gasteiger charge is 2.43. The molecule has 0 bridgehead atoms. The Balaban J connectivity index is 1.09. The van der Waals surface area contributed by atoms with Gasteiger partial charge in [-0.25, -0.2) is 9.59 Å². The van der Waals surface area contributed by atoms with Gasteiger partial charge in [-0.15, -0.1) is 0 Å². The van der Waals surface area contributed by atoms with E-state index in [0.29, 0.717) is 11.1 Å². The zero-order valence-electron chi connectivity index (χ0n) is 49.3. The van der Waals surface area contributed by atoms with Crippen molar-refractivity contribution in [3.05, 3.63) is 143 Å². The van der Waals surface area contributed by atoms with Crippen molar-refractivity contribution < 1.29 is 19.8 Å². The SMILES string of the molecule is CCCCCCCCN1c2ccc(/C=C(/C#N)C(=O)O)cc2Sc2cc(-c3ccc4c(c3)C(CCCCCC)(CCCCCC)c3cc(-c5ccc6c(c5)Sc5cc(/C=C(/C#N)C(=O)O)ccc5N6CCCCCCCC)ccc3-4)ccc21. The van der Waals surface area contributed by atoms with Gasteiger partial charge in [0, 0.05) is 38.1 Å². The third-order valence-corrected chi connectivity index (χ3v) is 19.4. The number of unbranched alkanes of at least 4 members (excludes halogenated alkanes) is 16. The maximum atomic E-state index is 11.9. The molecular weight excluding hydrogens is 1060 g/mol. The maximum Gasteiger partial charge on any atom is 0.346 e. The first-order valence-corrected chi connectivity index (χ1v) is 32.6. The number of hydrogen-bond donors (Lipinski definition) is 2. The minimum absolute atomic E-state index is 0.172. The lowest BCUT2D eigenvalue weighted by atomic mass is 9.70. The summed E-state index contributed by atoms with van der Waals surface area (Å²) >= 11 is 3.45. The fraction of sp³-hybridized carbons (Fsp3) is 0.397. The highest BCUT2D eigenvalue weighted by atomic mass is 32.2. The van der Waals surface area contributed by atoms with E-state index in [1.165, 1.54) is 181 Å². The molecule has 2 heterocycles. The number of hydrogen-bond acceptors (Lipinski definition) is 8. The second-order valence-electron chi connectivity index (χ2n) is 23.0. The summed E-state index contributed by atoms with van der Waals surface area (Å²) in [4.78, 5) is 33.1. The lowest BCUT2D eigenvalue weighted by Crippen LogP contribution is -2.25. The molecule has 0 aromatic heterocycles. The number of carboxylic acids is 2. The van der Waals surface area contributed by atoms with Crippen molar-refractivity contribution in [3.63, 3.8) is 0 Å². The van der Waals surface area contributed by atoms with Gasteiger partial charge in [0.25, 0.3) is 0 Å². The normalized spacial score (nSPS) is 13.8. The molecule has 6 aromatic carbocycles. The minimum atomic E-state index is -1.23. The maximum absolute atomic E-state index is 11.9. The number of nitrogens with zero attached hydrogens (tertiary/aromatic N) is 4. The van der Waals surface area contributed by atoms with Crippen LogP contribution < -0.4 is 9.80 Å². The predicted molar refractivity (Wildman–Crippen MR) is 345 cm³/mol. The molecule has 0 spiro atoms. The molecule has 10 heteroatoms. The van der Waals surface area contributed by atoms with Gasteiger partial charge in [-0.3, -0.25) is 0 Å². The molecule has 9 rings (SSSR count). The molecule has 3 aliphatic rings. The fourth-order valence-corrected chi connectivity index (χ4v) is 15.1. The summed E-state index contributed by atoms with van der Waals surface area (Å²) in [5.41, 5.74) is 15.6. The molecule has 0 amide bonds. The van der Waals surface area contributed by atoms with Gasteiger partial charge >= 0.3 is 11.9 Å². The number of carboxylic acid groups (broad SMARTS) is 2. The van der Waals surface area contributed by atoms with Crippen LogP contribution in [0.25, 0.3) is 45.5 Å². The number of benzene rings is 6. The Morgan fingerprint density at radius 2 is 0.759 bits per heavy atom. The number of nitriles is 2. The van der Waals surface area contributed by atoms with Crippen molar-refractivity contribution in [2.24, 2.45) is 0 Å². The largest absolute Gasteiger partial charge is 0.477 e. The van der Waals surface area contributed by atoms with Crippen molar-refractivity contribution in [1.82, 2.24) is 0 Å². The average molecular weight is 1140 g/mol. The monoisotopic (exact) mass is 1140 g/mol. The van der Waals surface area contributed by atoms with Crippen LogP contribution in [0.2, 0.25) is 0 Å². The van der Waals surface area contributed by atoms with E-state index in [9.17, 15) is 30.3 Å². The van der Waals surface area contributed by atoms with Gasteiger partial charge in [-0.05, 0) is 154 Å². The van der Waals surface area contributed by atoms with Crippen LogP contribution in [0.5, 0.6) is 0 Å². The van der Waals surface area contributed by atoms with Crippen molar-refractivity contribution in [2.45, 2.75) is 194 Å². The Morgan fingerprint density at radius 1 is 0.434 bits per heavy atom. The summed E-state index contributed by atoms with van der Waals surface area (Å²) in [6.45, 7) is 10.9. The summed E-state index contributed by atoms with van der Waals surface area (Å²) in [6.07, 6.45) is 29.0. The van der Waals surface area contributed by atoms with Gasteiger partial charge < -0.3 is 20.0 Å². The molecule has 0 saturated carbocycles. The highest BCUT2D eigenvalue weighted by Crippen LogP contribution is 2.57. The minimum Gasteiger partial charge on any atom is -0.477 e. The number of carbonyl (C=O) groups is 2. The van der Waals surface area contributed by atoms with Crippen molar-refractivity contribution in [1.29, 1.82) is 10.5 Å². The van der Waals surface area contributed by atoms with Crippen LogP contribution in [0.4, 0.5) is 22.7 Å². The molecule has 0 fully saturated rings. The summed E-state index contributed by atoms with van der Waals surface area (Å²) in [5, 5.41) is 38.7. The number of rotatable bonds is 30. The molecule has 0 radical (unpaired) electrons. The molecule has 83 heavy (non-hydrogen) atoms. The van der Waals surface area contributed by atoms with Crippen LogP contribution in [-0.4, -0.2) is 35.2 Å². The van der Waals surface area contributed by atoms with Crippen molar-refractivity contribution in [3.8, 4) is 45.5 Å². The molecule has 430 valence electrons. The fourth-order valence-electron chi connectivity index (χ4n) is 12.8. The van der Waals surface area contributed by atoms with E-state index >= 15 is 0 Å². The van der Waals surface area contributed by atoms with Gasteiger partial charge in [0.2, 0.25) is 0 Å². The zero-order chi connectivity index (χ0) is 58.3. The third kappa shape index (κ3) is 14.0. The lowest BCUT2D eigenvalue weighted by molar-refractivity contribution is -0.133. The number of fused-ring (bicyclic) bond motifs is 7. The van der Waals surface area contributed by atoms with Gasteiger partial charge in [0.1, 0.15) is 23.3 Å². The Bertz CT molecular complexity index is 3230. The standard InChI is InChI=1S/C73H82N4O4S2/c1-5-9-13-17-19-23-39-76-63-33-25-51(41-57(49-74)71(78)79)43-67(63)82-69-47-55(29-35-65(69)76)53-27-31-59-60-32-28-54(46-62(60)73(61(59)45-53,37-21-15-11-7-3)38-22-16-12-8-4)56-30-36-66-70(48-56)83-68-44-52(42-58(50-75)72(80)81)26-34-64(68)77(66)40-24-20-18-14-10-6-2/h25-36,41-48H,5-24,37-40H2,1-4H3,(H,78,79)(H,80,81)/b57-41-,58-42-. The van der Waals surface area contributed by atoms with E-state index in [-0.39, 0.29) is 16.6 Å². The number of aliphatic carboxylic acids is 2. The summed E-state index contributed by atoms with van der Waals surface area (Å²) in [6, 6.07) is 44.3. The first-order chi connectivity index (χ1) is 40.5. The molecular formula is C73H82N4O4S2. The second kappa shape index (κ2) is 29.0. The van der Waals surface area contributed by atoms with Crippen molar-refractivity contribution in [2.75, 3.05) is 22.9 Å². The highest BCUT2D eigenvalue weighted by molar-refractivity contribution is 8.00. The van der Waals surface area contributed by atoms with Crippen LogP contribution in [0, 0.1) is 22.7 Å². The predicted octanol–water partition coefficient (Wildman–Crippen LogP) is 21.1. The van der Waals surface area contributed by atoms with E-state index in [0.717, 1.165) is 72.8 Å². The smallest absolute Gasteiger partial charge is 0.346 e. The van der Waals surface area contributed by atoms with E-state index in [1.54, 1.807) is 23.5 Å². The van der Waals surface area contributed by atoms with Gasteiger partial charge in [0.05, 0.1) is 22.7 Å². The number of anilines is 4. The van der Waals surface area contributed by atoms with Gasteiger partial charge in [-0.1, -0.05) is 215 Å². The average Bonchev–Trinajstić information content (AvgIpc) is 2.95. The molecule has 0 atom stereocenters. The Morgan fingerprint density at radius 3 is 1.13 bits per heavy atom. The van der Waals surface area contributed by atoms with Crippen LogP contribution in [0.1, 0.15) is 191 Å². The van der Waals surface area contributed by atoms with Crippen LogP contribution in [0.3, 0.4) is 0 Å². The van der Waals surface area contributed by atoms with Crippen LogP contribution in [-0.2, 0) is 15.0 Å². The zero-order valence-corrected chi connectivity index (χ0v) is 51.0. The molecule has 0 saturated heterocycles. The van der Waals surface area contributed by atoms with Crippen LogP contribution in [0.15, 0.2) is 140 Å². The summed E-state index contributed by atoms with van der Waals surface area (Å²) < 4.78 is 0. The van der Waals surface area contributed by atoms with E-state index in [2.05, 4.69) is 122 Å². The van der Waals surface area contributed by atoms with Gasteiger partial charge in [-0.2, -0.15) is 10.5 Å². The Labute approximate surface area is 502 Å². The van der Waals surface area contributed by atoms with Gasteiger partial charge in [0.15, 0.2) is 0 Å². The molecule has 6 aromatic rings. The third-order valence-electron chi connectivity index (χ3n) is 17.2. The molecule has 8 nitrogen and oxygen atoms in total. The Hall–Kier alpha value is -6.98. The lowest BCUT2D eigenvalue weighted by Gasteiger charge is -2.34. The van der Waals surface area contributed by atoms with Crippen molar-refractivity contribution >= 4 is 70.4 Å². The van der Waals surface area contributed by atoms with Crippen LogP contribution >= 0.6 is 23.5 Å². The molecule has 2 aliphatic heterocycles. The quantitative estimate of drug-likeness (QED) is 0.0256. The first-order valence-electron chi connectivity index (χ1n) is 31.0. The van der Waals surface area contributed by atoms with E-state index in [4.69, 9.17) is 0 Å². The summed E-state index contributed by atoms with van der Waals surface area (Å²) in [7, 11) is 0. The second-order valence-corrected chi connectivity index (χ2v) is 25.2. The molecule has 1 aliphatic carbocycles.